The van der Waals surface area contributed by atoms with Gasteiger partial charge in [-0.15, -0.1) is 0 Å². The van der Waals surface area contributed by atoms with Crippen molar-refractivity contribution in [3.8, 4) is 0 Å². The van der Waals surface area contributed by atoms with Gasteiger partial charge in [0, 0.05) is 48.4 Å². The van der Waals surface area contributed by atoms with Crippen molar-refractivity contribution in [1.29, 1.82) is 0 Å². The van der Waals surface area contributed by atoms with Crippen molar-refractivity contribution in [3.63, 3.8) is 0 Å². The van der Waals surface area contributed by atoms with Crippen molar-refractivity contribution < 1.29 is 4.79 Å². The summed E-state index contributed by atoms with van der Waals surface area (Å²) in [7, 11) is 0. The summed E-state index contributed by atoms with van der Waals surface area (Å²) >= 11 is 0. The molecule has 0 saturated carbocycles. The Bertz CT molecular complexity index is 1080. The molecule has 1 saturated heterocycles. The fourth-order valence-corrected chi connectivity index (χ4v) is 3.98. The number of aryl methyl sites for hydroxylation is 2. The van der Waals surface area contributed by atoms with Crippen molar-refractivity contribution in [2.45, 2.75) is 32.6 Å². The van der Waals surface area contributed by atoms with Crippen LogP contribution in [0.5, 0.6) is 0 Å². The summed E-state index contributed by atoms with van der Waals surface area (Å²) in [4.78, 5) is 23.9. The van der Waals surface area contributed by atoms with Crippen LogP contribution >= 0.6 is 0 Å². The Morgan fingerprint density at radius 3 is 2.77 bits per heavy atom. The van der Waals surface area contributed by atoms with Crippen LogP contribution in [-0.2, 0) is 4.79 Å². The summed E-state index contributed by atoms with van der Waals surface area (Å²) in [5, 5.41) is 3.42. The minimum absolute atomic E-state index is 0.0589. The number of nitrogens with one attached hydrogen (secondary N) is 1. The smallest absolute Gasteiger partial charge is 0.246 e. The van der Waals surface area contributed by atoms with Crippen LogP contribution in [0, 0.1) is 13.8 Å². The number of pyridine rings is 2. The summed E-state index contributed by atoms with van der Waals surface area (Å²) in [6, 6.07) is 18.0. The summed E-state index contributed by atoms with van der Waals surface area (Å²) < 4.78 is 0. The van der Waals surface area contributed by atoms with Gasteiger partial charge in [0.25, 0.3) is 0 Å². The zero-order valence-corrected chi connectivity index (χ0v) is 18.1. The quantitative estimate of drug-likeness (QED) is 0.581. The first-order valence-corrected chi connectivity index (χ1v) is 10.8. The van der Waals surface area contributed by atoms with E-state index in [1.54, 1.807) is 12.3 Å². The number of carbonyl (C=O) groups is 1. The van der Waals surface area contributed by atoms with E-state index in [0.717, 1.165) is 53.4 Å². The molecule has 3 aromatic rings. The molecule has 5 nitrogen and oxygen atoms in total. The predicted molar refractivity (Wildman–Crippen MR) is 125 cm³/mol. The summed E-state index contributed by atoms with van der Waals surface area (Å²) in [6.45, 7) is 5.53. The maximum Gasteiger partial charge on any atom is 0.246 e. The van der Waals surface area contributed by atoms with Crippen molar-refractivity contribution in [3.05, 3.63) is 89.4 Å². The van der Waals surface area contributed by atoms with E-state index in [4.69, 9.17) is 4.98 Å². The average molecular weight is 413 g/mol. The predicted octanol–water partition coefficient (Wildman–Crippen LogP) is 5.26. The SMILES string of the molecule is Cc1cc(Nc2ncccc2C)cc([C@H]2CCCN(C(=O)/C=C/c3ccccc3)C2)n1. The van der Waals surface area contributed by atoms with Crippen molar-refractivity contribution >= 4 is 23.5 Å². The highest BCUT2D eigenvalue weighted by atomic mass is 16.2. The molecule has 1 aliphatic rings. The van der Waals surface area contributed by atoms with Crippen LogP contribution in [0.2, 0.25) is 0 Å². The monoisotopic (exact) mass is 412 g/mol. The Labute approximate surface area is 183 Å². The highest BCUT2D eigenvalue weighted by molar-refractivity contribution is 5.91. The molecule has 158 valence electrons. The number of likely N-dealkylation sites (tertiary alicyclic amines) is 1. The number of benzene rings is 1. The molecular formula is C26H28N4O. The molecule has 0 bridgehead atoms. The second-order valence-corrected chi connectivity index (χ2v) is 8.08. The van der Waals surface area contributed by atoms with Crippen LogP contribution in [0.25, 0.3) is 6.08 Å². The second-order valence-electron chi connectivity index (χ2n) is 8.08. The van der Waals surface area contributed by atoms with Crippen molar-refractivity contribution in [2.75, 3.05) is 18.4 Å². The lowest BCUT2D eigenvalue weighted by atomic mass is 9.93. The molecule has 1 N–H and O–H groups in total. The number of piperidine rings is 1. The van der Waals surface area contributed by atoms with Gasteiger partial charge >= 0.3 is 0 Å². The van der Waals surface area contributed by atoms with Crippen molar-refractivity contribution in [2.24, 2.45) is 0 Å². The van der Waals surface area contributed by atoms with Crippen LogP contribution in [0.1, 0.15) is 41.3 Å². The third kappa shape index (κ3) is 5.37. The van der Waals surface area contributed by atoms with Gasteiger partial charge in [0.2, 0.25) is 5.91 Å². The molecular weight excluding hydrogens is 384 g/mol. The van der Waals surface area contributed by atoms with Crippen LogP contribution in [0.15, 0.2) is 66.9 Å². The summed E-state index contributed by atoms with van der Waals surface area (Å²) in [5.41, 5.74) is 5.10. The van der Waals surface area contributed by atoms with E-state index >= 15 is 0 Å². The van der Waals surface area contributed by atoms with E-state index in [1.165, 1.54) is 0 Å². The van der Waals surface area contributed by atoms with Gasteiger partial charge in [0.05, 0.1) is 0 Å². The van der Waals surface area contributed by atoms with E-state index < -0.39 is 0 Å². The molecule has 1 fully saturated rings. The Balaban J connectivity index is 1.47. The maximum atomic E-state index is 12.8. The maximum absolute atomic E-state index is 12.8. The van der Waals surface area contributed by atoms with Crippen LogP contribution in [0.4, 0.5) is 11.5 Å². The molecule has 1 aromatic carbocycles. The minimum atomic E-state index is 0.0589. The number of hydrogen-bond donors (Lipinski definition) is 1. The molecule has 0 radical (unpaired) electrons. The van der Waals surface area contributed by atoms with E-state index in [-0.39, 0.29) is 11.8 Å². The fraction of sp³-hybridized carbons (Fsp3) is 0.269. The Hall–Kier alpha value is -3.47. The lowest BCUT2D eigenvalue weighted by Gasteiger charge is -2.32. The first kappa shape index (κ1) is 20.8. The van der Waals surface area contributed by atoms with Crippen LogP contribution in [-0.4, -0.2) is 33.9 Å². The van der Waals surface area contributed by atoms with E-state index in [0.29, 0.717) is 6.54 Å². The van der Waals surface area contributed by atoms with Crippen molar-refractivity contribution in [1.82, 2.24) is 14.9 Å². The van der Waals surface area contributed by atoms with Gasteiger partial charge < -0.3 is 10.2 Å². The molecule has 5 heteroatoms. The number of anilines is 2. The fourth-order valence-electron chi connectivity index (χ4n) is 3.98. The largest absolute Gasteiger partial charge is 0.340 e. The summed E-state index contributed by atoms with van der Waals surface area (Å²) in [5.74, 6) is 1.14. The molecule has 0 spiro atoms. The number of nitrogens with zero attached hydrogens (tertiary/aromatic N) is 3. The number of amides is 1. The molecule has 1 atom stereocenters. The molecule has 0 unspecified atom stereocenters. The highest BCUT2D eigenvalue weighted by Crippen LogP contribution is 2.29. The zero-order valence-electron chi connectivity index (χ0n) is 18.1. The first-order valence-electron chi connectivity index (χ1n) is 10.8. The normalized spacial score (nSPS) is 16.5. The van der Waals surface area contributed by atoms with E-state index in [2.05, 4.69) is 16.4 Å². The number of carbonyl (C=O) groups excluding carboxylic acids is 1. The van der Waals surface area contributed by atoms with Gasteiger partial charge in [-0.3, -0.25) is 9.78 Å². The van der Waals surface area contributed by atoms with Gasteiger partial charge in [0.1, 0.15) is 5.82 Å². The molecule has 2 aromatic heterocycles. The third-order valence-electron chi connectivity index (χ3n) is 5.61. The molecule has 3 heterocycles. The zero-order chi connectivity index (χ0) is 21.6. The van der Waals surface area contributed by atoms with Gasteiger partial charge in [-0.1, -0.05) is 36.4 Å². The van der Waals surface area contributed by atoms with Gasteiger partial charge in [-0.2, -0.15) is 0 Å². The molecule has 31 heavy (non-hydrogen) atoms. The topological polar surface area (TPSA) is 58.1 Å². The summed E-state index contributed by atoms with van der Waals surface area (Å²) in [6.07, 6.45) is 7.36. The molecule has 0 aliphatic carbocycles. The Morgan fingerprint density at radius 1 is 1.13 bits per heavy atom. The average Bonchev–Trinajstić information content (AvgIpc) is 2.79. The standard InChI is InChI=1S/C26H28N4O/c1-19-8-6-14-27-26(19)29-23-16-20(2)28-24(17-23)22-11-7-15-30(18-22)25(31)13-12-21-9-4-3-5-10-21/h3-6,8-10,12-14,16-17,22H,7,11,15,18H2,1-2H3,(H,27,28,29)/b13-12+/t22-/m0/s1. The van der Waals surface area contributed by atoms with Gasteiger partial charge in [-0.25, -0.2) is 4.98 Å². The highest BCUT2D eigenvalue weighted by Gasteiger charge is 2.25. The lowest BCUT2D eigenvalue weighted by molar-refractivity contribution is -0.127. The second kappa shape index (κ2) is 9.56. The van der Waals surface area contributed by atoms with Gasteiger partial charge in [-0.05, 0) is 62.1 Å². The van der Waals surface area contributed by atoms with E-state index in [9.17, 15) is 4.79 Å². The Kier molecular flexibility index (Phi) is 6.41. The van der Waals surface area contributed by atoms with Crippen LogP contribution in [0.3, 0.4) is 0 Å². The van der Waals surface area contributed by atoms with Gasteiger partial charge in [0.15, 0.2) is 0 Å². The minimum Gasteiger partial charge on any atom is -0.340 e. The molecule has 1 aliphatic heterocycles. The Morgan fingerprint density at radius 2 is 1.97 bits per heavy atom. The lowest BCUT2D eigenvalue weighted by Crippen LogP contribution is -2.38. The number of hydrogen-bond acceptors (Lipinski definition) is 4. The molecule has 1 amide bonds. The third-order valence-corrected chi connectivity index (χ3v) is 5.61. The molecule has 4 rings (SSSR count). The first-order chi connectivity index (χ1) is 15.1. The van der Waals surface area contributed by atoms with E-state index in [1.807, 2.05) is 73.4 Å². The number of aromatic nitrogens is 2. The van der Waals surface area contributed by atoms with Crippen LogP contribution < -0.4 is 5.32 Å². The number of rotatable bonds is 5.